The summed E-state index contributed by atoms with van der Waals surface area (Å²) in [5, 5.41) is 9.92. The molecule has 1 N–H and O–H groups in total. The lowest BCUT2D eigenvalue weighted by atomic mass is 9.74. The van der Waals surface area contributed by atoms with Crippen LogP contribution in [0.3, 0.4) is 0 Å². The Morgan fingerprint density at radius 2 is 1.90 bits per heavy atom. The van der Waals surface area contributed by atoms with Crippen molar-refractivity contribution in [1.82, 2.24) is 14.8 Å². The molecule has 152 valence electrons. The van der Waals surface area contributed by atoms with Crippen molar-refractivity contribution >= 4 is 17.9 Å². The van der Waals surface area contributed by atoms with Gasteiger partial charge in [0.05, 0.1) is 18.7 Å². The van der Waals surface area contributed by atoms with Gasteiger partial charge in [0, 0.05) is 32.6 Å². The number of benzene rings is 1. The van der Waals surface area contributed by atoms with Gasteiger partial charge < -0.3 is 14.9 Å². The minimum Gasteiger partial charge on any atom is -0.394 e. The molecule has 6 nitrogen and oxygen atoms in total. The summed E-state index contributed by atoms with van der Waals surface area (Å²) in [7, 11) is 1.72. The molecule has 0 aliphatic carbocycles. The molecule has 2 heterocycles. The summed E-state index contributed by atoms with van der Waals surface area (Å²) < 4.78 is 0. The Hall–Kier alpha value is -2.99. The van der Waals surface area contributed by atoms with Crippen LogP contribution < -0.4 is 0 Å². The van der Waals surface area contributed by atoms with Crippen LogP contribution in [-0.4, -0.2) is 64.0 Å². The van der Waals surface area contributed by atoms with Crippen LogP contribution in [0.4, 0.5) is 0 Å². The van der Waals surface area contributed by atoms with Gasteiger partial charge in [0.2, 0.25) is 5.91 Å². The smallest absolute Gasteiger partial charge is 0.272 e. The highest BCUT2D eigenvalue weighted by molar-refractivity contribution is 5.92. The summed E-state index contributed by atoms with van der Waals surface area (Å²) in [5.74, 6) is -0.333. The van der Waals surface area contributed by atoms with Gasteiger partial charge in [0.1, 0.15) is 5.69 Å². The summed E-state index contributed by atoms with van der Waals surface area (Å²) in [5.41, 5.74) is 2.52. The average Bonchev–Trinajstić information content (AvgIpc) is 2.72. The number of aliphatic hydroxyl groups excluding tert-OH is 1. The van der Waals surface area contributed by atoms with Crippen molar-refractivity contribution in [2.75, 3.05) is 20.2 Å². The van der Waals surface area contributed by atoms with E-state index in [0.29, 0.717) is 12.2 Å². The van der Waals surface area contributed by atoms with Gasteiger partial charge in [0.15, 0.2) is 0 Å². The molecule has 1 aromatic carbocycles. The number of amides is 2. The maximum Gasteiger partial charge on any atom is 0.272 e. The molecular weight excluding hydrogens is 366 g/mol. The average molecular weight is 393 g/mol. The van der Waals surface area contributed by atoms with Crippen LogP contribution in [0, 0.1) is 0 Å². The summed E-state index contributed by atoms with van der Waals surface area (Å²) in [6.07, 6.45) is 5.59. The highest BCUT2D eigenvalue weighted by Gasteiger charge is 2.50. The Bertz CT molecular complexity index is 880. The maximum atomic E-state index is 12.7. The van der Waals surface area contributed by atoms with Crippen LogP contribution in [0.2, 0.25) is 0 Å². The van der Waals surface area contributed by atoms with Crippen molar-refractivity contribution in [1.29, 1.82) is 0 Å². The zero-order valence-electron chi connectivity index (χ0n) is 17.0. The number of carbonyl (C=O) groups excluding carboxylic acids is 2. The van der Waals surface area contributed by atoms with E-state index in [1.165, 1.54) is 6.92 Å². The van der Waals surface area contributed by atoms with E-state index in [2.05, 4.69) is 4.98 Å². The number of nitrogens with zero attached hydrogens (tertiary/aromatic N) is 3. The summed E-state index contributed by atoms with van der Waals surface area (Å²) in [4.78, 5) is 32.3. The predicted octanol–water partition coefficient (Wildman–Crippen LogP) is 2.56. The van der Waals surface area contributed by atoms with E-state index < -0.39 is 0 Å². The van der Waals surface area contributed by atoms with E-state index in [-0.39, 0.29) is 36.4 Å². The molecule has 0 spiro atoms. The largest absolute Gasteiger partial charge is 0.394 e. The molecule has 2 aromatic rings. The second-order valence-corrected chi connectivity index (χ2v) is 7.34. The highest BCUT2D eigenvalue weighted by atomic mass is 16.3. The molecule has 0 unspecified atom stereocenters. The van der Waals surface area contributed by atoms with Crippen LogP contribution in [-0.2, 0) is 4.79 Å². The first-order chi connectivity index (χ1) is 14.0. The number of allylic oxidation sites excluding steroid dienone is 1. The third-order valence-electron chi connectivity index (χ3n) is 5.47. The van der Waals surface area contributed by atoms with E-state index in [9.17, 15) is 14.7 Å². The molecule has 0 saturated carbocycles. The Balaban J connectivity index is 1.84. The molecule has 2 amide bonds. The minimum absolute atomic E-state index is 0.0393. The fraction of sp³-hybridized carbons (Fsp3) is 0.348. The number of aromatic nitrogens is 1. The second kappa shape index (κ2) is 9.01. The Labute approximate surface area is 171 Å². The number of pyridine rings is 1. The van der Waals surface area contributed by atoms with Crippen molar-refractivity contribution < 1.29 is 14.7 Å². The molecule has 3 atom stereocenters. The third kappa shape index (κ3) is 4.22. The van der Waals surface area contributed by atoms with Gasteiger partial charge >= 0.3 is 0 Å². The highest BCUT2D eigenvalue weighted by Crippen LogP contribution is 2.41. The number of likely N-dealkylation sites (tertiary alicyclic amines) is 1. The monoisotopic (exact) mass is 393 g/mol. The van der Waals surface area contributed by atoms with E-state index in [1.807, 2.05) is 43.3 Å². The van der Waals surface area contributed by atoms with E-state index >= 15 is 0 Å². The van der Waals surface area contributed by atoms with Gasteiger partial charge in [-0.3, -0.25) is 14.6 Å². The number of hydrogen-bond acceptors (Lipinski definition) is 4. The quantitative estimate of drug-likeness (QED) is 0.819. The standard InChI is InChI=1S/C23H27N3O3/c1-4-7-17-9-11-18(12-10-17)22-20(26(16(2)28)21(22)15-27)14-25(3)23(29)19-8-5-6-13-24-19/h4-13,20-22,27H,14-15H2,1-3H3/b7-4+/t20-,21+,22-/m1/s1. The molecule has 1 aromatic heterocycles. The van der Waals surface area contributed by atoms with Gasteiger partial charge in [-0.1, -0.05) is 42.5 Å². The Kier molecular flexibility index (Phi) is 6.44. The third-order valence-corrected chi connectivity index (χ3v) is 5.47. The van der Waals surface area contributed by atoms with Crippen LogP contribution in [0.15, 0.2) is 54.7 Å². The van der Waals surface area contributed by atoms with Crippen LogP contribution >= 0.6 is 0 Å². The van der Waals surface area contributed by atoms with E-state index in [4.69, 9.17) is 0 Å². The number of likely N-dealkylation sites (N-methyl/N-ethyl adjacent to an activating group) is 1. The molecule has 1 saturated heterocycles. The molecule has 0 radical (unpaired) electrons. The summed E-state index contributed by atoms with van der Waals surface area (Å²) in [6.45, 7) is 3.72. The Morgan fingerprint density at radius 3 is 2.45 bits per heavy atom. The number of rotatable bonds is 6. The molecule has 29 heavy (non-hydrogen) atoms. The fourth-order valence-electron chi connectivity index (χ4n) is 4.13. The summed E-state index contributed by atoms with van der Waals surface area (Å²) >= 11 is 0. The molecule has 3 rings (SSSR count). The lowest BCUT2D eigenvalue weighted by Crippen LogP contribution is -2.68. The molecule has 6 heteroatoms. The number of carbonyl (C=O) groups is 2. The SMILES string of the molecule is C/C=C/c1ccc([C@@H]2[C@@H](CN(C)C(=O)c3ccccn3)N(C(C)=O)[C@H]2CO)cc1. The van der Waals surface area contributed by atoms with Gasteiger partial charge in [0.25, 0.3) is 5.91 Å². The first-order valence-electron chi connectivity index (χ1n) is 9.76. The molecule has 1 aliphatic rings. The first-order valence-corrected chi connectivity index (χ1v) is 9.76. The first kappa shape index (κ1) is 20.7. The van der Waals surface area contributed by atoms with Gasteiger partial charge in [-0.2, -0.15) is 0 Å². The minimum atomic E-state index is -0.289. The van der Waals surface area contributed by atoms with Crippen molar-refractivity contribution in [2.45, 2.75) is 31.8 Å². The topological polar surface area (TPSA) is 73.7 Å². The van der Waals surface area contributed by atoms with Crippen LogP contribution in [0.25, 0.3) is 6.08 Å². The Morgan fingerprint density at radius 1 is 1.17 bits per heavy atom. The summed E-state index contributed by atoms with van der Waals surface area (Å²) in [6, 6.07) is 12.9. The van der Waals surface area contributed by atoms with Crippen LogP contribution in [0.5, 0.6) is 0 Å². The second-order valence-electron chi connectivity index (χ2n) is 7.34. The lowest BCUT2D eigenvalue weighted by molar-refractivity contribution is -0.148. The van der Waals surface area contributed by atoms with E-state index in [1.54, 1.807) is 41.2 Å². The van der Waals surface area contributed by atoms with Crippen molar-refractivity contribution in [2.24, 2.45) is 0 Å². The number of hydrogen-bond donors (Lipinski definition) is 1. The number of aliphatic hydroxyl groups is 1. The lowest BCUT2D eigenvalue weighted by Gasteiger charge is -2.55. The van der Waals surface area contributed by atoms with Crippen LogP contribution in [0.1, 0.15) is 41.4 Å². The molecule has 1 aliphatic heterocycles. The van der Waals surface area contributed by atoms with Crippen molar-refractivity contribution in [3.05, 3.63) is 71.6 Å². The van der Waals surface area contributed by atoms with Crippen molar-refractivity contribution in [3.8, 4) is 0 Å². The molecule has 1 fully saturated rings. The van der Waals surface area contributed by atoms with E-state index in [0.717, 1.165) is 11.1 Å². The predicted molar refractivity (Wildman–Crippen MR) is 112 cm³/mol. The molecule has 0 bridgehead atoms. The fourth-order valence-corrected chi connectivity index (χ4v) is 4.13. The zero-order valence-corrected chi connectivity index (χ0v) is 17.0. The van der Waals surface area contributed by atoms with Crippen molar-refractivity contribution in [3.63, 3.8) is 0 Å². The molecular formula is C23H27N3O3. The maximum absolute atomic E-state index is 12.7. The van der Waals surface area contributed by atoms with Gasteiger partial charge in [-0.05, 0) is 30.2 Å². The normalized spacial score (nSPS) is 21.1. The zero-order chi connectivity index (χ0) is 21.0. The van der Waals surface area contributed by atoms with Gasteiger partial charge in [-0.25, -0.2) is 0 Å². The van der Waals surface area contributed by atoms with Gasteiger partial charge in [-0.15, -0.1) is 0 Å².